The Morgan fingerprint density at radius 1 is 1.50 bits per heavy atom. The summed E-state index contributed by atoms with van der Waals surface area (Å²) in [6.07, 6.45) is 5.04. The number of hydrogen-bond acceptors (Lipinski definition) is 1. The first kappa shape index (κ1) is 9.19. The fourth-order valence-corrected chi connectivity index (χ4v) is 0.503. The summed E-state index contributed by atoms with van der Waals surface area (Å²) in [5, 5.41) is 0. The minimum atomic E-state index is 0.825. The average Bonchev–Trinajstić information content (AvgIpc) is 1.87. The zero-order valence-corrected chi connectivity index (χ0v) is 7.02. The maximum atomic E-state index is 3.93. The highest BCUT2D eigenvalue weighted by atomic mass is 14.7. The van der Waals surface area contributed by atoms with E-state index >= 15 is 0 Å². The molecule has 0 radical (unpaired) electrons. The van der Waals surface area contributed by atoms with Crippen LogP contribution in [0.4, 0.5) is 0 Å². The van der Waals surface area contributed by atoms with Crippen LogP contribution in [-0.2, 0) is 0 Å². The highest BCUT2D eigenvalue weighted by Gasteiger charge is 1.72. The molecule has 56 valence electrons. The molecule has 10 heavy (non-hydrogen) atoms. The molecule has 0 spiro atoms. The molecule has 0 N–H and O–H groups in total. The van der Waals surface area contributed by atoms with E-state index in [2.05, 4.69) is 30.8 Å². The van der Waals surface area contributed by atoms with Crippen molar-refractivity contribution >= 4 is 5.87 Å². The van der Waals surface area contributed by atoms with Gasteiger partial charge >= 0.3 is 0 Å². The van der Waals surface area contributed by atoms with E-state index in [1.165, 1.54) is 5.57 Å². The third-order valence-electron chi connectivity index (χ3n) is 0.985. The van der Waals surface area contributed by atoms with Crippen LogP contribution in [0.3, 0.4) is 0 Å². The van der Waals surface area contributed by atoms with Crippen LogP contribution >= 0.6 is 0 Å². The van der Waals surface area contributed by atoms with Crippen LogP contribution in [0.5, 0.6) is 0 Å². The van der Waals surface area contributed by atoms with Crippen molar-refractivity contribution in [2.45, 2.75) is 27.2 Å². The summed E-state index contributed by atoms with van der Waals surface area (Å²) in [7, 11) is 0. The van der Waals surface area contributed by atoms with E-state index in [1.807, 2.05) is 13.0 Å². The number of hydrogen-bond donors (Lipinski definition) is 0. The van der Waals surface area contributed by atoms with E-state index in [0.29, 0.717) is 0 Å². The molecular weight excluding hydrogens is 122 g/mol. The van der Waals surface area contributed by atoms with Crippen LogP contribution in [0.2, 0.25) is 0 Å². The predicted molar refractivity (Wildman–Crippen MR) is 46.6 cm³/mol. The molecule has 1 heteroatoms. The molecule has 0 aromatic heterocycles. The lowest BCUT2D eigenvalue weighted by molar-refractivity contribution is 1.14. The van der Waals surface area contributed by atoms with E-state index in [1.54, 1.807) is 0 Å². The van der Waals surface area contributed by atoms with Crippen molar-refractivity contribution in [1.29, 1.82) is 0 Å². The van der Waals surface area contributed by atoms with Crippen molar-refractivity contribution < 1.29 is 0 Å². The summed E-state index contributed by atoms with van der Waals surface area (Å²) in [6.45, 7) is 7.00. The first-order chi connectivity index (χ1) is 4.77. The maximum absolute atomic E-state index is 3.93. The van der Waals surface area contributed by atoms with E-state index < -0.39 is 0 Å². The van der Waals surface area contributed by atoms with Gasteiger partial charge in [-0.15, -0.1) is 0 Å². The summed E-state index contributed by atoms with van der Waals surface area (Å²) >= 11 is 0. The van der Waals surface area contributed by atoms with Crippen molar-refractivity contribution in [3.63, 3.8) is 0 Å². The smallest absolute Gasteiger partial charge is 0.0455 e. The van der Waals surface area contributed by atoms with Gasteiger partial charge in [-0.05, 0) is 39.1 Å². The molecule has 0 unspecified atom stereocenters. The van der Waals surface area contributed by atoms with Crippen LogP contribution in [0.25, 0.3) is 0 Å². The lowest BCUT2D eigenvalue weighted by Gasteiger charge is -1.82. The summed E-state index contributed by atoms with van der Waals surface area (Å²) in [5.74, 6) is 2.85. The monoisotopic (exact) mass is 137 g/mol. The lowest BCUT2D eigenvalue weighted by atomic mass is 10.3. The Labute approximate surface area is 63.2 Å². The normalized spacial score (nSPS) is 7.90. The van der Waals surface area contributed by atoms with Gasteiger partial charge in [0.15, 0.2) is 0 Å². The second-order valence-corrected chi connectivity index (χ2v) is 2.32. The van der Waals surface area contributed by atoms with Crippen LogP contribution < -0.4 is 0 Å². The molecule has 0 rings (SSSR count). The Morgan fingerprint density at radius 2 is 2.20 bits per heavy atom. The molecule has 0 aromatic carbocycles. The summed E-state index contributed by atoms with van der Waals surface area (Å²) in [5.41, 5.74) is 1.34. The third-order valence-corrected chi connectivity index (χ3v) is 0.985. The minimum absolute atomic E-state index is 0.825. The standard InChI is InChI=1S/C9H15N/c1-4-10-8-6-5-7-9(2)3/h6-7H,4-5H2,1-3H3. The van der Waals surface area contributed by atoms with E-state index in [9.17, 15) is 0 Å². The molecule has 0 fully saturated rings. The molecule has 0 aromatic rings. The number of rotatable bonds is 3. The van der Waals surface area contributed by atoms with E-state index in [-0.39, 0.29) is 0 Å². The van der Waals surface area contributed by atoms with Crippen LogP contribution in [0.1, 0.15) is 27.2 Å². The molecule has 0 saturated carbocycles. The van der Waals surface area contributed by atoms with Gasteiger partial charge in [-0.1, -0.05) is 11.6 Å². The van der Waals surface area contributed by atoms with Gasteiger partial charge in [0.1, 0.15) is 0 Å². The highest BCUT2D eigenvalue weighted by Crippen LogP contribution is 1.91. The molecule has 0 aliphatic carbocycles. The maximum Gasteiger partial charge on any atom is 0.0455 e. The van der Waals surface area contributed by atoms with Crippen molar-refractivity contribution in [3.05, 3.63) is 17.7 Å². The van der Waals surface area contributed by atoms with Crippen molar-refractivity contribution in [1.82, 2.24) is 0 Å². The molecule has 0 saturated heterocycles. The highest BCUT2D eigenvalue weighted by molar-refractivity contribution is 5.51. The topological polar surface area (TPSA) is 12.4 Å². The van der Waals surface area contributed by atoms with Crippen molar-refractivity contribution in [2.75, 3.05) is 6.54 Å². The second kappa shape index (κ2) is 6.31. The summed E-state index contributed by atoms with van der Waals surface area (Å²) in [6, 6.07) is 0. The Hall–Kier alpha value is -0.810. The van der Waals surface area contributed by atoms with E-state index in [0.717, 1.165) is 13.0 Å². The molecule has 1 nitrogen and oxygen atoms in total. The SMILES string of the molecule is CCN=C=CCC=C(C)C. The molecule has 0 aliphatic rings. The largest absolute Gasteiger partial charge is 0.244 e. The summed E-state index contributed by atoms with van der Waals surface area (Å²) in [4.78, 5) is 3.93. The summed E-state index contributed by atoms with van der Waals surface area (Å²) < 4.78 is 0. The van der Waals surface area contributed by atoms with Crippen molar-refractivity contribution in [2.24, 2.45) is 4.99 Å². The Bertz CT molecular complexity index is 156. The zero-order chi connectivity index (χ0) is 7.82. The second-order valence-electron chi connectivity index (χ2n) is 2.32. The van der Waals surface area contributed by atoms with Crippen molar-refractivity contribution in [3.8, 4) is 0 Å². The van der Waals surface area contributed by atoms with Gasteiger partial charge in [-0.25, -0.2) is 4.99 Å². The van der Waals surface area contributed by atoms with Gasteiger partial charge in [-0.2, -0.15) is 0 Å². The van der Waals surface area contributed by atoms with Gasteiger partial charge in [-0.3, -0.25) is 0 Å². The quantitative estimate of drug-likeness (QED) is 0.419. The molecule has 0 aliphatic heterocycles. The molecule has 0 amide bonds. The number of allylic oxidation sites excluding steroid dienone is 3. The third kappa shape index (κ3) is 7.19. The first-order valence-electron chi connectivity index (χ1n) is 3.64. The van der Waals surface area contributed by atoms with E-state index in [4.69, 9.17) is 0 Å². The first-order valence-corrected chi connectivity index (χ1v) is 3.64. The fraction of sp³-hybridized carbons (Fsp3) is 0.556. The molecule has 0 atom stereocenters. The molecular formula is C9H15N. The van der Waals surface area contributed by atoms with Gasteiger partial charge < -0.3 is 0 Å². The Morgan fingerprint density at radius 3 is 2.70 bits per heavy atom. The van der Waals surface area contributed by atoms with Crippen LogP contribution in [0.15, 0.2) is 22.7 Å². The number of nitrogens with zero attached hydrogens (tertiary/aromatic N) is 1. The Balaban J connectivity index is 3.54. The molecule has 0 bridgehead atoms. The minimum Gasteiger partial charge on any atom is -0.244 e. The zero-order valence-electron chi connectivity index (χ0n) is 7.02. The predicted octanol–water partition coefficient (Wildman–Crippen LogP) is 2.59. The van der Waals surface area contributed by atoms with Crippen LogP contribution in [0, 0.1) is 0 Å². The average molecular weight is 137 g/mol. The fourth-order valence-electron chi connectivity index (χ4n) is 0.503. The Kier molecular flexibility index (Phi) is 5.80. The van der Waals surface area contributed by atoms with Gasteiger partial charge in [0, 0.05) is 6.54 Å². The number of aliphatic imine (C=N–C) groups is 1. The lowest BCUT2D eigenvalue weighted by Crippen LogP contribution is -1.66. The van der Waals surface area contributed by atoms with Gasteiger partial charge in [0.05, 0.1) is 0 Å². The molecule has 0 heterocycles. The van der Waals surface area contributed by atoms with Crippen LogP contribution in [-0.4, -0.2) is 12.4 Å². The van der Waals surface area contributed by atoms with Gasteiger partial charge in [0.25, 0.3) is 0 Å². The van der Waals surface area contributed by atoms with Gasteiger partial charge in [0.2, 0.25) is 0 Å².